The summed E-state index contributed by atoms with van der Waals surface area (Å²) >= 11 is 0. The Hall–Kier alpha value is -3.43. The number of hydrogen-bond acceptors (Lipinski definition) is 6. The molecule has 3 aliphatic rings. The van der Waals surface area contributed by atoms with Crippen LogP contribution in [0.1, 0.15) is 29.9 Å². The number of carbonyl (C=O) groups excluding carboxylic acids is 2. The van der Waals surface area contributed by atoms with E-state index >= 15 is 0 Å². The molecule has 2 heterocycles. The lowest BCUT2D eigenvalue weighted by Gasteiger charge is -2.28. The summed E-state index contributed by atoms with van der Waals surface area (Å²) in [7, 11) is 0. The molecule has 0 radical (unpaired) electrons. The van der Waals surface area contributed by atoms with Gasteiger partial charge < -0.3 is 30.0 Å². The number of benzene rings is 2. The molecule has 3 atom stereocenters. The van der Waals surface area contributed by atoms with E-state index in [-0.39, 0.29) is 38.4 Å². The van der Waals surface area contributed by atoms with Gasteiger partial charge in [-0.15, -0.1) is 0 Å². The first kappa shape index (κ1) is 23.3. The predicted octanol–water partition coefficient (Wildman–Crippen LogP) is 2.29. The lowest BCUT2D eigenvalue weighted by atomic mass is 9.97. The molecule has 184 valence electrons. The highest BCUT2D eigenvalue weighted by Gasteiger charge is 2.45. The summed E-state index contributed by atoms with van der Waals surface area (Å²) in [5.41, 5.74) is 3.24. The number of carboxylic acids is 1. The summed E-state index contributed by atoms with van der Waals surface area (Å²) in [6, 6.07) is 16.1. The van der Waals surface area contributed by atoms with E-state index in [1.165, 1.54) is 0 Å². The number of rotatable bonds is 7. The van der Waals surface area contributed by atoms with E-state index in [0.29, 0.717) is 19.4 Å². The molecule has 3 N–H and O–H groups in total. The van der Waals surface area contributed by atoms with Gasteiger partial charge in [0.2, 0.25) is 5.91 Å². The number of aliphatic carboxylic acids is 1. The van der Waals surface area contributed by atoms with E-state index in [0.717, 1.165) is 22.3 Å². The zero-order chi connectivity index (χ0) is 24.4. The second-order valence-electron chi connectivity index (χ2n) is 9.27. The van der Waals surface area contributed by atoms with E-state index in [2.05, 4.69) is 22.8 Å². The molecule has 2 saturated heterocycles. The number of ether oxygens (including phenoxy) is 3. The number of nitrogens with one attached hydrogen (secondary N) is 2. The quantitative estimate of drug-likeness (QED) is 0.556. The lowest BCUT2D eigenvalue weighted by Crippen LogP contribution is -2.60. The Labute approximate surface area is 202 Å². The van der Waals surface area contributed by atoms with Crippen molar-refractivity contribution in [1.82, 2.24) is 10.6 Å². The molecule has 0 spiro atoms. The summed E-state index contributed by atoms with van der Waals surface area (Å²) in [5.74, 6) is -1.96. The van der Waals surface area contributed by atoms with E-state index in [1.54, 1.807) is 0 Å². The van der Waals surface area contributed by atoms with Crippen LogP contribution in [-0.4, -0.2) is 67.7 Å². The average molecular weight is 481 g/mol. The first-order chi connectivity index (χ1) is 17.0. The zero-order valence-corrected chi connectivity index (χ0v) is 19.2. The molecular formula is C26H28N2O7. The molecule has 0 bridgehead atoms. The van der Waals surface area contributed by atoms with Crippen molar-refractivity contribution in [1.29, 1.82) is 0 Å². The molecule has 9 heteroatoms. The van der Waals surface area contributed by atoms with Gasteiger partial charge in [0.1, 0.15) is 12.1 Å². The minimum Gasteiger partial charge on any atom is -0.481 e. The van der Waals surface area contributed by atoms with E-state index < -0.39 is 29.4 Å². The van der Waals surface area contributed by atoms with Crippen molar-refractivity contribution >= 4 is 18.0 Å². The summed E-state index contributed by atoms with van der Waals surface area (Å²) in [6.45, 7) is 0.800. The SMILES string of the molecule is O=C(NC1(C(=O)NCC2CC(C(=O)O)CO2)CCOC1)OCC1c2ccccc2-c2ccccc21. The monoisotopic (exact) mass is 480 g/mol. The molecule has 3 unspecified atom stereocenters. The fourth-order valence-electron chi connectivity index (χ4n) is 5.13. The van der Waals surface area contributed by atoms with Gasteiger partial charge in [-0.25, -0.2) is 4.79 Å². The number of alkyl carbamates (subject to hydrolysis) is 1. The minimum absolute atomic E-state index is 0.0340. The molecule has 5 rings (SSSR count). The zero-order valence-electron chi connectivity index (χ0n) is 19.2. The molecule has 35 heavy (non-hydrogen) atoms. The summed E-state index contributed by atoms with van der Waals surface area (Å²) < 4.78 is 16.5. The standard InChI is InChI=1S/C26H28N2O7/c29-23(30)16-11-17(34-13-16)12-27-24(31)26(9-10-33-15-26)28-25(32)35-14-22-20-7-3-1-5-18(20)19-6-2-4-8-21(19)22/h1-8,16-17,22H,9-15H2,(H,27,31)(H,28,32)(H,29,30). The van der Waals surface area contributed by atoms with Crippen LogP contribution in [0.2, 0.25) is 0 Å². The molecule has 0 aromatic heterocycles. The van der Waals surface area contributed by atoms with Crippen LogP contribution >= 0.6 is 0 Å². The maximum Gasteiger partial charge on any atom is 0.408 e. The van der Waals surface area contributed by atoms with E-state index in [4.69, 9.17) is 19.3 Å². The third-order valence-electron chi connectivity index (χ3n) is 7.06. The van der Waals surface area contributed by atoms with Gasteiger partial charge in [-0.3, -0.25) is 9.59 Å². The molecule has 2 aliphatic heterocycles. The summed E-state index contributed by atoms with van der Waals surface area (Å²) in [5, 5.41) is 14.6. The molecule has 2 aromatic carbocycles. The largest absolute Gasteiger partial charge is 0.481 e. The maximum absolute atomic E-state index is 13.0. The van der Waals surface area contributed by atoms with Gasteiger partial charge in [0.25, 0.3) is 0 Å². The highest BCUT2D eigenvalue weighted by molar-refractivity contribution is 5.90. The van der Waals surface area contributed by atoms with Crippen molar-refractivity contribution in [3.05, 3.63) is 59.7 Å². The number of hydrogen-bond donors (Lipinski definition) is 3. The molecule has 9 nitrogen and oxygen atoms in total. The average Bonchev–Trinajstić information content (AvgIpc) is 3.60. The maximum atomic E-state index is 13.0. The normalized spacial score (nSPS) is 25.0. The second kappa shape index (κ2) is 9.67. The molecule has 2 fully saturated rings. The van der Waals surface area contributed by atoms with Crippen molar-refractivity contribution in [3.8, 4) is 11.1 Å². The van der Waals surface area contributed by atoms with Crippen LogP contribution in [0.25, 0.3) is 11.1 Å². The second-order valence-corrected chi connectivity index (χ2v) is 9.27. The van der Waals surface area contributed by atoms with Gasteiger partial charge in [0.05, 0.1) is 25.2 Å². The fraction of sp³-hybridized carbons (Fsp3) is 0.423. The minimum atomic E-state index is -1.24. The number of carbonyl (C=O) groups is 3. The Morgan fingerprint density at radius 2 is 1.74 bits per heavy atom. The van der Waals surface area contributed by atoms with Crippen LogP contribution in [-0.2, 0) is 23.8 Å². The first-order valence-electron chi connectivity index (χ1n) is 11.8. The van der Waals surface area contributed by atoms with Crippen molar-refractivity contribution in [3.63, 3.8) is 0 Å². The molecule has 1 aliphatic carbocycles. The Balaban J connectivity index is 1.20. The first-order valence-corrected chi connectivity index (χ1v) is 11.8. The molecule has 0 saturated carbocycles. The van der Waals surface area contributed by atoms with E-state index in [9.17, 15) is 14.4 Å². The van der Waals surface area contributed by atoms with Gasteiger partial charge in [-0.05, 0) is 28.7 Å². The Bertz CT molecular complexity index is 1080. The highest BCUT2D eigenvalue weighted by Crippen LogP contribution is 2.44. The van der Waals surface area contributed by atoms with Crippen LogP contribution in [0.5, 0.6) is 0 Å². The smallest absolute Gasteiger partial charge is 0.408 e. The fourth-order valence-corrected chi connectivity index (χ4v) is 5.13. The number of fused-ring (bicyclic) bond motifs is 3. The van der Waals surface area contributed by atoms with Crippen molar-refractivity contribution < 1.29 is 33.7 Å². The number of amides is 2. The van der Waals surface area contributed by atoms with Crippen molar-refractivity contribution in [2.75, 3.05) is 33.0 Å². The van der Waals surface area contributed by atoms with E-state index in [1.807, 2.05) is 36.4 Å². The molecular weight excluding hydrogens is 452 g/mol. The van der Waals surface area contributed by atoms with Gasteiger partial charge >= 0.3 is 12.1 Å². The molecule has 2 amide bonds. The topological polar surface area (TPSA) is 123 Å². The lowest BCUT2D eigenvalue weighted by molar-refractivity contribution is -0.141. The Morgan fingerprint density at radius 3 is 2.34 bits per heavy atom. The van der Waals surface area contributed by atoms with Crippen molar-refractivity contribution in [2.24, 2.45) is 5.92 Å². The van der Waals surface area contributed by atoms with Gasteiger partial charge in [-0.2, -0.15) is 0 Å². The van der Waals surface area contributed by atoms with Crippen LogP contribution < -0.4 is 10.6 Å². The third kappa shape index (κ3) is 4.61. The number of carboxylic acid groups (broad SMARTS) is 1. The molecule has 2 aromatic rings. The summed E-state index contributed by atoms with van der Waals surface area (Å²) in [6.07, 6.45) is -0.421. The predicted molar refractivity (Wildman–Crippen MR) is 125 cm³/mol. The van der Waals surface area contributed by atoms with Crippen molar-refractivity contribution in [2.45, 2.75) is 30.4 Å². The summed E-state index contributed by atoms with van der Waals surface area (Å²) in [4.78, 5) is 37.0. The van der Waals surface area contributed by atoms with Gasteiger partial charge in [0.15, 0.2) is 0 Å². The van der Waals surface area contributed by atoms with Crippen LogP contribution in [0.4, 0.5) is 4.79 Å². The van der Waals surface area contributed by atoms with Gasteiger partial charge in [-0.1, -0.05) is 48.5 Å². The van der Waals surface area contributed by atoms with Crippen LogP contribution in [0.3, 0.4) is 0 Å². The third-order valence-corrected chi connectivity index (χ3v) is 7.06. The highest BCUT2D eigenvalue weighted by atomic mass is 16.6. The van der Waals surface area contributed by atoms with Crippen LogP contribution in [0.15, 0.2) is 48.5 Å². The Morgan fingerprint density at radius 1 is 1.06 bits per heavy atom. The van der Waals surface area contributed by atoms with Gasteiger partial charge in [0, 0.05) is 25.5 Å². The Kier molecular flexibility index (Phi) is 6.44. The van der Waals surface area contributed by atoms with Crippen LogP contribution in [0, 0.1) is 5.92 Å².